The van der Waals surface area contributed by atoms with Gasteiger partial charge in [0, 0.05) is 25.7 Å². The lowest BCUT2D eigenvalue weighted by molar-refractivity contribution is 0.140. The summed E-state index contributed by atoms with van der Waals surface area (Å²) in [6, 6.07) is 0.963. The van der Waals surface area contributed by atoms with E-state index in [1.54, 1.807) is 0 Å². The Balaban J connectivity index is 1.59. The van der Waals surface area contributed by atoms with Gasteiger partial charge in [0.25, 0.3) is 0 Å². The van der Waals surface area contributed by atoms with Crippen LogP contribution >= 0.6 is 0 Å². The molecule has 1 heterocycles. The van der Waals surface area contributed by atoms with Gasteiger partial charge in [-0.25, -0.2) is 0 Å². The van der Waals surface area contributed by atoms with Crippen molar-refractivity contribution < 1.29 is 0 Å². The van der Waals surface area contributed by atoms with E-state index in [4.69, 9.17) is 0 Å². The van der Waals surface area contributed by atoms with Crippen LogP contribution in [0.3, 0.4) is 0 Å². The minimum absolute atomic E-state index is 0.617. The van der Waals surface area contributed by atoms with Gasteiger partial charge < -0.3 is 5.32 Å². The van der Waals surface area contributed by atoms with Gasteiger partial charge in [0.05, 0.1) is 0 Å². The van der Waals surface area contributed by atoms with Crippen LogP contribution < -0.4 is 5.32 Å². The Labute approximate surface area is 106 Å². The fourth-order valence-electron chi connectivity index (χ4n) is 3.60. The Morgan fingerprint density at radius 1 is 1.24 bits per heavy atom. The molecule has 0 aromatic carbocycles. The van der Waals surface area contributed by atoms with Crippen molar-refractivity contribution in [3.63, 3.8) is 0 Å². The molecule has 1 atom stereocenters. The molecule has 0 amide bonds. The SMILES string of the molecule is CCCC1(CN(CC2CC2)C2CC2)CCNC1. The summed E-state index contributed by atoms with van der Waals surface area (Å²) in [5.41, 5.74) is 0.617. The van der Waals surface area contributed by atoms with Gasteiger partial charge >= 0.3 is 0 Å². The molecule has 0 bridgehead atoms. The van der Waals surface area contributed by atoms with E-state index < -0.39 is 0 Å². The van der Waals surface area contributed by atoms with Gasteiger partial charge in [0.1, 0.15) is 0 Å². The van der Waals surface area contributed by atoms with Gasteiger partial charge in [-0.2, -0.15) is 0 Å². The average molecular weight is 236 g/mol. The Morgan fingerprint density at radius 2 is 2.06 bits per heavy atom. The van der Waals surface area contributed by atoms with Crippen LogP contribution in [-0.2, 0) is 0 Å². The first kappa shape index (κ1) is 12.0. The Morgan fingerprint density at radius 3 is 2.59 bits per heavy atom. The van der Waals surface area contributed by atoms with Gasteiger partial charge in [-0.3, -0.25) is 4.90 Å². The third kappa shape index (κ3) is 3.03. The summed E-state index contributed by atoms with van der Waals surface area (Å²) in [5, 5.41) is 3.60. The topological polar surface area (TPSA) is 15.3 Å². The maximum absolute atomic E-state index is 3.60. The van der Waals surface area contributed by atoms with Crippen molar-refractivity contribution in [2.45, 2.75) is 57.9 Å². The minimum Gasteiger partial charge on any atom is -0.316 e. The smallest absolute Gasteiger partial charge is 0.00967 e. The number of hydrogen-bond donors (Lipinski definition) is 1. The van der Waals surface area contributed by atoms with Gasteiger partial charge in [0.2, 0.25) is 0 Å². The van der Waals surface area contributed by atoms with Crippen molar-refractivity contribution in [1.29, 1.82) is 0 Å². The van der Waals surface area contributed by atoms with E-state index in [0.717, 1.165) is 12.0 Å². The fraction of sp³-hybridized carbons (Fsp3) is 1.00. The second-order valence-electron chi connectivity index (χ2n) is 6.78. The highest BCUT2D eigenvalue weighted by Crippen LogP contribution is 2.39. The van der Waals surface area contributed by atoms with Crippen molar-refractivity contribution in [3.8, 4) is 0 Å². The van der Waals surface area contributed by atoms with E-state index in [2.05, 4.69) is 17.1 Å². The molecule has 3 fully saturated rings. The van der Waals surface area contributed by atoms with Crippen LogP contribution in [0.4, 0.5) is 0 Å². The molecule has 2 aliphatic carbocycles. The molecule has 1 saturated heterocycles. The normalized spacial score (nSPS) is 33.5. The largest absolute Gasteiger partial charge is 0.316 e. The van der Waals surface area contributed by atoms with Crippen molar-refractivity contribution in [3.05, 3.63) is 0 Å². The lowest BCUT2D eigenvalue weighted by atomic mass is 9.82. The molecule has 2 saturated carbocycles. The fourth-order valence-corrected chi connectivity index (χ4v) is 3.60. The first-order valence-electron chi connectivity index (χ1n) is 7.76. The van der Waals surface area contributed by atoms with E-state index in [0.29, 0.717) is 5.41 Å². The molecular weight excluding hydrogens is 208 g/mol. The molecule has 17 heavy (non-hydrogen) atoms. The van der Waals surface area contributed by atoms with Crippen LogP contribution in [0.15, 0.2) is 0 Å². The highest BCUT2D eigenvalue weighted by molar-refractivity contribution is 4.96. The molecular formula is C15H28N2. The average Bonchev–Trinajstić information content (AvgIpc) is 3.20. The Kier molecular flexibility index (Phi) is 3.45. The summed E-state index contributed by atoms with van der Waals surface area (Å²) in [5.74, 6) is 1.06. The molecule has 2 nitrogen and oxygen atoms in total. The zero-order valence-corrected chi connectivity index (χ0v) is 11.4. The maximum Gasteiger partial charge on any atom is 0.00967 e. The predicted molar refractivity (Wildman–Crippen MR) is 72.1 cm³/mol. The number of nitrogens with zero attached hydrogens (tertiary/aromatic N) is 1. The van der Waals surface area contributed by atoms with Crippen molar-refractivity contribution in [2.24, 2.45) is 11.3 Å². The highest BCUT2D eigenvalue weighted by Gasteiger charge is 2.40. The monoisotopic (exact) mass is 236 g/mol. The molecule has 98 valence electrons. The second kappa shape index (κ2) is 4.89. The van der Waals surface area contributed by atoms with Crippen LogP contribution in [0.1, 0.15) is 51.9 Å². The first-order chi connectivity index (χ1) is 8.31. The Bertz CT molecular complexity index is 250. The quantitative estimate of drug-likeness (QED) is 0.731. The van der Waals surface area contributed by atoms with E-state index in [-0.39, 0.29) is 0 Å². The summed E-state index contributed by atoms with van der Waals surface area (Å²) in [6.07, 6.45) is 10.1. The van der Waals surface area contributed by atoms with E-state index in [1.165, 1.54) is 71.1 Å². The van der Waals surface area contributed by atoms with Crippen LogP contribution in [-0.4, -0.2) is 37.1 Å². The van der Waals surface area contributed by atoms with Crippen molar-refractivity contribution in [1.82, 2.24) is 10.2 Å². The summed E-state index contributed by atoms with van der Waals surface area (Å²) in [6.45, 7) is 7.67. The lowest BCUT2D eigenvalue weighted by Gasteiger charge is -2.35. The molecule has 3 rings (SSSR count). The molecule has 1 unspecified atom stereocenters. The van der Waals surface area contributed by atoms with E-state index in [1.807, 2.05) is 0 Å². The summed E-state index contributed by atoms with van der Waals surface area (Å²) in [7, 11) is 0. The number of nitrogens with one attached hydrogen (secondary N) is 1. The third-order valence-corrected chi connectivity index (χ3v) is 4.90. The predicted octanol–water partition coefficient (Wildman–Crippen LogP) is 2.64. The zero-order chi connectivity index (χ0) is 11.7. The molecule has 1 aliphatic heterocycles. The lowest BCUT2D eigenvalue weighted by Crippen LogP contribution is -2.41. The number of hydrogen-bond acceptors (Lipinski definition) is 2. The van der Waals surface area contributed by atoms with Crippen molar-refractivity contribution in [2.75, 3.05) is 26.2 Å². The number of rotatable bonds is 7. The molecule has 0 radical (unpaired) electrons. The molecule has 0 aromatic rings. The van der Waals surface area contributed by atoms with E-state index in [9.17, 15) is 0 Å². The van der Waals surface area contributed by atoms with Crippen molar-refractivity contribution >= 4 is 0 Å². The highest BCUT2D eigenvalue weighted by atomic mass is 15.2. The van der Waals surface area contributed by atoms with Crippen LogP contribution in [0.25, 0.3) is 0 Å². The van der Waals surface area contributed by atoms with Crippen LogP contribution in [0.2, 0.25) is 0 Å². The minimum atomic E-state index is 0.617. The van der Waals surface area contributed by atoms with E-state index >= 15 is 0 Å². The van der Waals surface area contributed by atoms with Gasteiger partial charge in [-0.05, 0) is 56.4 Å². The molecule has 0 spiro atoms. The maximum atomic E-state index is 3.60. The molecule has 0 aromatic heterocycles. The summed E-state index contributed by atoms with van der Waals surface area (Å²) >= 11 is 0. The second-order valence-corrected chi connectivity index (χ2v) is 6.78. The Hall–Kier alpha value is -0.0800. The third-order valence-electron chi connectivity index (χ3n) is 4.90. The molecule has 3 aliphatic rings. The molecule has 2 heteroatoms. The first-order valence-corrected chi connectivity index (χ1v) is 7.76. The molecule has 1 N–H and O–H groups in total. The van der Waals surface area contributed by atoms with Gasteiger partial charge in [0.15, 0.2) is 0 Å². The summed E-state index contributed by atoms with van der Waals surface area (Å²) in [4.78, 5) is 2.86. The summed E-state index contributed by atoms with van der Waals surface area (Å²) < 4.78 is 0. The zero-order valence-electron chi connectivity index (χ0n) is 11.4. The standard InChI is InChI=1S/C15H28N2/c1-2-7-15(8-9-16-11-15)12-17(14-5-6-14)10-13-3-4-13/h13-14,16H,2-12H2,1H3. The van der Waals surface area contributed by atoms with Crippen LogP contribution in [0.5, 0.6) is 0 Å². The van der Waals surface area contributed by atoms with Gasteiger partial charge in [-0.1, -0.05) is 13.3 Å². The van der Waals surface area contributed by atoms with Crippen LogP contribution in [0, 0.1) is 11.3 Å². The van der Waals surface area contributed by atoms with Gasteiger partial charge in [-0.15, -0.1) is 0 Å².